The number of rotatable bonds is 6. The molecule has 0 rings (SSSR count). The number of unbranched alkanes of at least 4 members (excludes halogenated alkanes) is 1. The highest BCUT2D eigenvalue weighted by Crippen LogP contribution is 1.89. The van der Waals surface area contributed by atoms with E-state index < -0.39 is 0 Å². The summed E-state index contributed by atoms with van der Waals surface area (Å²) in [5, 5.41) is 8.37. The molecule has 0 aliphatic heterocycles. The van der Waals surface area contributed by atoms with Crippen LogP contribution >= 0.6 is 22.6 Å². The molecular formula is C6H13IO2. The molecule has 0 heterocycles. The number of aliphatic hydroxyl groups is 1. The van der Waals surface area contributed by atoms with E-state index in [0.29, 0.717) is 0 Å². The summed E-state index contributed by atoms with van der Waals surface area (Å²) in [5.74, 6) is 0. The van der Waals surface area contributed by atoms with Crippen molar-refractivity contribution in [2.24, 2.45) is 0 Å². The third-order valence-corrected chi connectivity index (χ3v) is 1.36. The van der Waals surface area contributed by atoms with Gasteiger partial charge in [-0.3, -0.25) is 0 Å². The van der Waals surface area contributed by atoms with Gasteiger partial charge >= 0.3 is 0 Å². The van der Waals surface area contributed by atoms with Gasteiger partial charge in [-0.05, 0) is 12.8 Å². The molecule has 0 amide bonds. The Morgan fingerprint density at radius 1 is 1.22 bits per heavy atom. The molecule has 3 heteroatoms. The molecule has 9 heavy (non-hydrogen) atoms. The highest BCUT2D eigenvalue weighted by atomic mass is 127. The molecule has 0 aromatic rings. The van der Waals surface area contributed by atoms with Crippen LogP contribution in [0.5, 0.6) is 0 Å². The predicted octanol–water partition coefficient (Wildman–Crippen LogP) is 1.21. The summed E-state index contributed by atoms with van der Waals surface area (Å²) in [7, 11) is 0. The van der Waals surface area contributed by atoms with Crippen LogP contribution in [-0.4, -0.2) is 29.4 Å². The fourth-order valence-corrected chi connectivity index (χ4v) is 0.784. The molecule has 0 saturated carbocycles. The number of alkyl halides is 1. The first-order valence-corrected chi connectivity index (χ1v) is 4.69. The van der Waals surface area contributed by atoms with Gasteiger partial charge in [0.2, 0.25) is 0 Å². The largest absolute Gasteiger partial charge is 0.396 e. The zero-order chi connectivity index (χ0) is 6.95. The Kier molecular flexibility index (Phi) is 9.27. The SMILES string of the molecule is OCCCCOCCI. The first-order valence-electron chi connectivity index (χ1n) is 3.16. The van der Waals surface area contributed by atoms with Crippen LogP contribution in [0.25, 0.3) is 0 Å². The van der Waals surface area contributed by atoms with Crippen molar-refractivity contribution < 1.29 is 9.84 Å². The average Bonchev–Trinajstić information content (AvgIpc) is 1.89. The quantitative estimate of drug-likeness (QED) is 0.432. The van der Waals surface area contributed by atoms with Crippen LogP contribution in [0.1, 0.15) is 12.8 Å². The van der Waals surface area contributed by atoms with E-state index in [-0.39, 0.29) is 6.61 Å². The fourth-order valence-electron chi connectivity index (χ4n) is 0.473. The Hall–Kier alpha value is 0.650. The van der Waals surface area contributed by atoms with Gasteiger partial charge in [-0.1, -0.05) is 22.6 Å². The maximum absolute atomic E-state index is 8.37. The van der Waals surface area contributed by atoms with Crippen LogP contribution in [0, 0.1) is 0 Å². The second-order valence-corrected chi connectivity index (χ2v) is 2.81. The van der Waals surface area contributed by atoms with Crippen molar-refractivity contribution in [1.29, 1.82) is 0 Å². The van der Waals surface area contributed by atoms with Crippen LogP contribution in [0.3, 0.4) is 0 Å². The summed E-state index contributed by atoms with van der Waals surface area (Å²) in [6, 6.07) is 0. The first kappa shape index (κ1) is 9.65. The van der Waals surface area contributed by atoms with Gasteiger partial charge in [0, 0.05) is 17.6 Å². The topological polar surface area (TPSA) is 29.5 Å². The van der Waals surface area contributed by atoms with E-state index in [9.17, 15) is 0 Å². The number of halogens is 1. The highest BCUT2D eigenvalue weighted by molar-refractivity contribution is 14.1. The minimum absolute atomic E-state index is 0.285. The molecule has 0 aromatic heterocycles. The summed E-state index contributed by atoms with van der Waals surface area (Å²) >= 11 is 2.27. The zero-order valence-corrected chi connectivity index (χ0v) is 7.63. The van der Waals surface area contributed by atoms with E-state index in [1.54, 1.807) is 0 Å². The molecule has 0 aliphatic rings. The Bertz CT molecular complexity index is 44.3. The van der Waals surface area contributed by atoms with E-state index in [0.717, 1.165) is 30.5 Å². The fraction of sp³-hybridized carbons (Fsp3) is 1.00. The van der Waals surface area contributed by atoms with E-state index in [4.69, 9.17) is 9.84 Å². The molecule has 1 N–H and O–H groups in total. The number of ether oxygens (including phenoxy) is 1. The minimum Gasteiger partial charge on any atom is -0.396 e. The number of hydrogen-bond donors (Lipinski definition) is 1. The van der Waals surface area contributed by atoms with Crippen molar-refractivity contribution in [1.82, 2.24) is 0 Å². The van der Waals surface area contributed by atoms with Gasteiger partial charge < -0.3 is 9.84 Å². The molecule has 0 unspecified atom stereocenters. The third kappa shape index (κ3) is 8.65. The maximum atomic E-state index is 8.37. The standard InChI is InChI=1S/C6H13IO2/c7-3-6-9-5-2-1-4-8/h8H,1-6H2. The first-order chi connectivity index (χ1) is 4.41. The Morgan fingerprint density at radius 3 is 2.56 bits per heavy atom. The van der Waals surface area contributed by atoms with Gasteiger partial charge in [0.05, 0.1) is 6.61 Å². The Morgan fingerprint density at radius 2 is 2.00 bits per heavy atom. The lowest BCUT2D eigenvalue weighted by atomic mass is 10.3. The molecule has 0 saturated heterocycles. The second-order valence-electron chi connectivity index (χ2n) is 1.73. The van der Waals surface area contributed by atoms with Crippen molar-refractivity contribution in [3.05, 3.63) is 0 Å². The van der Waals surface area contributed by atoms with Crippen LogP contribution in [0.15, 0.2) is 0 Å². The second kappa shape index (κ2) is 8.65. The lowest BCUT2D eigenvalue weighted by Crippen LogP contribution is -1.98. The summed E-state index contributed by atoms with van der Waals surface area (Å²) < 4.78 is 6.22. The van der Waals surface area contributed by atoms with Gasteiger partial charge in [-0.25, -0.2) is 0 Å². The summed E-state index contributed by atoms with van der Waals surface area (Å²) in [6.07, 6.45) is 1.84. The average molecular weight is 244 g/mol. The molecule has 0 aliphatic carbocycles. The molecule has 0 atom stereocenters. The van der Waals surface area contributed by atoms with Crippen molar-refractivity contribution in [3.63, 3.8) is 0 Å². The molecule has 0 radical (unpaired) electrons. The monoisotopic (exact) mass is 244 g/mol. The Balaban J connectivity index is 2.60. The predicted molar refractivity (Wildman–Crippen MR) is 46.0 cm³/mol. The van der Waals surface area contributed by atoms with Crippen LogP contribution < -0.4 is 0 Å². The summed E-state index contributed by atoms with van der Waals surface area (Å²) in [5.41, 5.74) is 0. The van der Waals surface area contributed by atoms with E-state index in [1.165, 1.54) is 0 Å². The van der Waals surface area contributed by atoms with Crippen molar-refractivity contribution in [2.45, 2.75) is 12.8 Å². The van der Waals surface area contributed by atoms with E-state index >= 15 is 0 Å². The van der Waals surface area contributed by atoms with Crippen LogP contribution in [0.2, 0.25) is 0 Å². The van der Waals surface area contributed by atoms with Gasteiger partial charge in [-0.15, -0.1) is 0 Å². The maximum Gasteiger partial charge on any atom is 0.0555 e. The normalized spacial score (nSPS) is 10.0. The van der Waals surface area contributed by atoms with E-state index in [2.05, 4.69) is 22.6 Å². The minimum atomic E-state index is 0.285. The molecule has 2 nitrogen and oxygen atoms in total. The lowest BCUT2D eigenvalue weighted by Gasteiger charge is -1.98. The van der Waals surface area contributed by atoms with Gasteiger partial charge in [0.25, 0.3) is 0 Å². The van der Waals surface area contributed by atoms with Crippen molar-refractivity contribution >= 4 is 22.6 Å². The smallest absolute Gasteiger partial charge is 0.0555 e. The number of hydrogen-bond acceptors (Lipinski definition) is 2. The van der Waals surface area contributed by atoms with Gasteiger partial charge in [0.15, 0.2) is 0 Å². The lowest BCUT2D eigenvalue weighted by molar-refractivity contribution is 0.141. The third-order valence-electron chi connectivity index (χ3n) is 0.918. The van der Waals surface area contributed by atoms with Gasteiger partial charge in [-0.2, -0.15) is 0 Å². The van der Waals surface area contributed by atoms with Crippen molar-refractivity contribution in [3.8, 4) is 0 Å². The molecule has 0 bridgehead atoms. The van der Waals surface area contributed by atoms with Crippen LogP contribution in [-0.2, 0) is 4.74 Å². The van der Waals surface area contributed by atoms with Gasteiger partial charge in [0.1, 0.15) is 0 Å². The highest BCUT2D eigenvalue weighted by Gasteiger charge is 1.85. The van der Waals surface area contributed by atoms with Crippen LogP contribution in [0.4, 0.5) is 0 Å². The molecule has 0 spiro atoms. The molecule has 56 valence electrons. The van der Waals surface area contributed by atoms with Crippen molar-refractivity contribution in [2.75, 3.05) is 24.2 Å². The Labute approximate surface area is 69.7 Å². The zero-order valence-electron chi connectivity index (χ0n) is 5.48. The van der Waals surface area contributed by atoms with E-state index in [1.807, 2.05) is 0 Å². The molecule has 0 fully saturated rings. The molecule has 0 aromatic carbocycles. The summed E-state index contributed by atoms with van der Waals surface area (Å²) in [6.45, 7) is 1.92. The molecular weight excluding hydrogens is 231 g/mol. The summed E-state index contributed by atoms with van der Waals surface area (Å²) in [4.78, 5) is 0. The number of aliphatic hydroxyl groups excluding tert-OH is 1.